The van der Waals surface area contributed by atoms with E-state index in [1.165, 1.54) is 0 Å². The maximum Gasteiger partial charge on any atom is 0.329 e. The lowest BCUT2D eigenvalue weighted by Crippen LogP contribution is -2.47. The fourth-order valence-electron chi connectivity index (χ4n) is 3.21. The molecule has 0 radical (unpaired) electrons. The summed E-state index contributed by atoms with van der Waals surface area (Å²) < 4.78 is 26.5. The predicted molar refractivity (Wildman–Crippen MR) is 47.9 cm³/mol. The van der Waals surface area contributed by atoms with Crippen LogP contribution in [0.2, 0.25) is 0 Å². The molecule has 3 fully saturated rings. The zero-order chi connectivity index (χ0) is 11.8. The highest BCUT2D eigenvalue weighted by Crippen LogP contribution is 2.69. The highest BCUT2D eigenvalue weighted by atomic mass is 19.3. The van der Waals surface area contributed by atoms with Gasteiger partial charge in [0.25, 0.3) is 5.92 Å². The van der Waals surface area contributed by atoms with Crippen molar-refractivity contribution in [3.05, 3.63) is 0 Å². The molecule has 1 unspecified atom stereocenters. The minimum Gasteiger partial charge on any atom is -0.479 e. The number of fused-ring (bicyclic) bond motifs is 1. The number of carboxylic acids is 1. The molecule has 3 rings (SSSR count). The standard InChI is InChI=1S/C10H11F2NO3/c11-10(12)4-8(10)3-9(7(15)16)2-1-6(14)13(9)5-8/h1-5H2,(H,15,16)/t8-,9?/m1/s1. The van der Waals surface area contributed by atoms with E-state index >= 15 is 0 Å². The number of carboxylic acid groups (broad SMARTS) is 1. The average Bonchev–Trinajstić information content (AvgIpc) is 2.49. The molecule has 0 bridgehead atoms. The summed E-state index contributed by atoms with van der Waals surface area (Å²) in [6.45, 7) is -0.0921. The SMILES string of the molecule is O=C1CCC2(C(=O)O)C[C@]3(CN12)CC3(F)F. The third-order valence-corrected chi connectivity index (χ3v) is 4.27. The summed E-state index contributed by atoms with van der Waals surface area (Å²) in [7, 11) is 0. The van der Waals surface area contributed by atoms with Crippen LogP contribution in [0.15, 0.2) is 0 Å². The zero-order valence-corrected chi connectivity index (χ0v) is 8.50. The zero-order valence-electron chi connectivity index (χ0n) is 8.50. The second-order valence-corrected chi connectivity index (χ2v) is 5.15. The molecule has 2 heterocycles. The van der Waals surface area contributed by atoms with Gasteiger partial charge in [-0.1, -0.05) is 0 Å². The second-order valence-electron chi connectivity index (χ2n) is 5.15. The Hall–Kier alpha value is -1.20. The maximum atomic E-state index is 13.2. The van der Waals surface area contributed by atoms with Gasteiger partial charge in [-0.3, -0.25) is 4.79 Å². The molecule has 0 aromatic rings. The van der Waals surface area contributed by atoms with Crippen molar-refractivity contribution in [1.29, 1.82) is 0 Å². The van der Waals surface area contributed by atoms with Crippen molar-refractivity contribution >= 4 is 11.9 Å². The van der Waals surface area contributed by atoms with E-state index < -0.39 is 22.8 Å². The summed E-state index contributed by atoms with van der Waals surface area (Å²) in [5.41, 5.74) is -2.60. The topological polar surface area (TPSA) is 57.6 Å². The van der Waals surface area contributed by atoms with Crippen LogP contribution in [0.25, 0.3) is 0 Å². The van der Waals surface area contributed by atoms with Gasteiger partial charge in [-0.15, -0.1) is 0 Å². The summed E-state index contributed by atoms with van der Waals surface area (Å²) in [4.78, 5) is 23.9. The molecular formula is C10H11F2NO3. The van der Waals surface area contributed by atoms with Crippen LogP contribution in [-0.2, 0) is 9.59 Å². The minimum atomic E-state index is -2.79. The Bertz CT molecular complexity index is 411. The fourth-order valence-corrected chi connectivity index (χ4v) is 3.21. The molecule has 6 heteroatoms. The molecular weight excluding hydrogens is 220 g/mol. The lowest BCUT2D eigenvalue weighted by atomic mass is 9.88. The Labute approximate surface area is 90.2 Å². The van der Waals surface area contributed by atoms with E-state index in [1.54, 1.807) is 0 Å². The van der Waals surface area contributed by atoms with E-state index in [-0.39, 0.29) is 38.1 Å². The summed E-state index contributed by atoms with van der Waals surface area (Å²) >= 11 is 0. The second kappa shape index (κ2) is 2.38. The third-order valence-electron chi connectivity index (χ3n) is 4.27. The lowest BCUT2D eigenvalue weighted by molar-refractivity contribution is -0.151. The van der Waals surface area contributed by atoms with Crippen LogP contribution in [0.5, 0.6) is 0 Å². The van der Waals surface area contributed by atoms with Crippen LogP contribution in [0, 0.1) is 5.41 Å². The first kappa shape index (κ1) is 9.99. The first-order valence-electron chi connectivity index (χ1n) is 5.25. The van der Waals surface area contributed by atoms with Crippen LogP contribution in [-0.4, -0.2) is 39.9 Å². The van der Waals surface area contributed by atoms with Crippen molar-refractivity contribution in [3.8, 4) is 0 Å². The predicted octanol–water partition coefficient (Wildman–Crippen LogP) is 0.861. The van der Waals surface area contributed by atoms with Crippen LogP contribution in [0.3, 0.4) is 0 Å². The first-order valence-corrected chi connectivity index (χ1v) is 5.25. The molecule has 0 aromatic heterocycles. The minimum absolute atomic E-state index is 0.0892. The Balaban J connectivity index is 1.99. The number of aliphatic carboxylic acids is 1. The number of amides is 1. The van der Waals surface area contributed by atoms with Crippen molar-refractivity contribution in [2.24, 2.45) is 5.41 Å². The van der Waals surface area contributed by atoms with E-state index in [0.717, 1.165) is 4.90 Å². The highest BCUT2D eigenvalue weighted by molar-refractivity contribution is 5.92. The Morgan fingerprint density at radius 1 is 1.38 bits per heavy atom. The van der Waals surface area contributed by atoms with Gasteiger partial charge < -0.3 is 10.0 Å². The molecule has 2 aliphatic heterocycles. The van der Waals surface area contributed by atoms with Gasteiger partial charge in [-0.25, -0.2) is 13.6 Å². The number of rotatable bonds is 1. The average molecular weight is 231 g/mol. The van der Waals surface area contributed by atoms with Gasteiger partial charge in [0.2, 0.25) is 5.91 Å². The molecule has 0 aromatic carbocycles. The summed E-state index contributed by atoms with van der Waals surface area (Å²) in [5, 5.41) is 9.18. The smallest absolute Gasteiger partial charge is 0.329 e. The van der Waals surface area contributed by atoms with Crippen molar-refractivity contribution in [1.82, 2.24) is 4.90 Å². The van der Waals surface area contributed by atoms with Gasteiger partial charge in [-0.2, -0.15) is 0 Å². The van der Waals surface area contributed by atoms with E-state index in [2.05, 4.69) is 0 Å². The van der Waals surface area contributed by atoms with E-state index in [9.17, 15) is 23.5 Å². The normalized spacial score (nSPS) is 43.9. The number of halogens is 2. The molecule has 2 saturated heterocycles. The van der Waals surface area contributed by atoms with Crippen molar-refractivity contribution < 1.29 is 23.5 Å². The van der Waals surface area contributed by atoms with Gasteiger partial charge in [0.1, 0.15) is 5.54 Å². The molecule has 3 aliphatic rings. The number of carbonyl (C=O) groups is 2. The van der Waals surface area contributed by atoms with Crippen molar-refractivity contribution in [3.63, 3.8) is 0 Å². The number of hydrogen-bond acceptors (Lipinski definition) is 2. The molecule has 16 heavy (non-hydrogen) atoms. The molecule has 1 spiro atoms. The molecule has 1 N–H and O–H groups in total. The maximum absolute atomic E-state index is 13.2. The number of hydrogen-bond donors (Lipinski definition) is 1. The van der Waals surface area contributed by atoms with Crippen LogP contribution in [0.4, 0.5) is 8.78 Å². The number of nitrogens with zero attached hydrogens (tertiary/aromatic N) is 1. The molecule has 2 atom stereocenters. The molecule has 4 nitrogen and oxygen atoms in total. The molecule has 1 aliphatic carbocycles. The van der Waals surface area contributed by atoms with Gasteiger partial charge in [-0.05, 0) is 12.8 Å². The Kier molecular flexibility index (Phi) is 1.49. The summed E-state index contributed by atoms with van der Waals surface area (Å²) in [6, 6.07) is 0. The highest BCUT2D eigenvalue weighted by Gasteiger charge is 2.79. The van der Waals surface area contributed by atoms with Gasteiger partial charge in [0, 0.05) is 19.4 Å². The number of alkyl halides is 2. The van der Waals surface area contributed by atoms with Gasteiger partial charge in [0.05, 0.1) is 5.41 Å². The Morgan fingerprint density at radius 2 is 2.00 bits per heavy atom. The van der Waals surface area contributed by atoms with E-state index in [0.29, 0.717) is 0 Å². The van der Waals surface area contributed by atoms with Gasteiger partial charge >= 0.3 is 5.97 Å². The quantitative estimate of drug-likeness (QED) is 0.728. The summed E-state index contributed by atoms with van der Waals surface area (Å²) in [5.74, 6) is -4.24. The third kappa shape index (κ3) is 0.888. The Morgan fingerprint density at radius 3 is 2.44 bits per heavy atom. The largest absolute Gasteiger partial charge is 0.479 e. The molecule has 88 valence electrons. The van der Waals surface area contributed by atoms with Gasteiger partial charge in [0.15, 0.2) is 0 Å². The van der Waals surface area contributed by atoms with Crippen molar-refractivity contribution in [2.75, 3.05) is 6.54 Å². The monoisotopic (exact) mass is 231 g/mol. The summed E-state index contributed by atoms with van der Waals surface area (Å²) in [6.07, 6.45) is -0.0418. The number of carbonyl (C=O) groups excluding carboxylic acids is 1. The fraction of sp³-hybridized carbons (Fsp3) is 0.800. The van der Waals surface area contributed by atoms with Crippen LogP contribution in [0.1, 0.15) is 25.7 Å². The van der Waals surface area contributed by atoms with E-state index in [1.807, 2.05) is 0 Å². The van der Waals surface area contributed by atoms with Crippen LogP contribution >= 0.6 is 0 Å². The lowest BCUT2D eigenvalue weighted by Gasteiger charge is -2.26. The molecule has 1 amide bonds. The molecule has 1 saturated carbocycles. The van der Waals surface area contributed by atoms with Crippen molar-refractivity contribution in [2.45, 2.75) is 37.1 Å². The van der Waals surface area contributed by atoms with E-state index in [4.69, 9.17) is 0 Å². The van der Waals surface area contributed by atoms with Crippen LogP contribution < -0.4 is 0 Å². The first-order chi connectivity index (χ1) is 7.33.